The lowest BCUT2D eigenvalue weighted by molar-refractivity contribution is -0.384. The maximum Gasteiger partial charge on any atom is 0.288 e. The Labute approximate surface area is 121 Å². The predicted molar refractivity (Wildman–Crippen MR) is 79.7 cm³/mol. The number of hydrogen-bond acceptors (Lipinski definition) is 4. The molecular weight excluding hydrogens is 288 g/mol. The van der Waals surface area contributed by atoms with Crippen molar-refractivity contribution in [2.75, 3.05) is 0 Å². The second kappa shape index (κ2) is 7.01. The van der Waals surface area contributed by atoms with Crippen LogP contribution in [0.4, 0.5) is 5.69 Å². The first-order valence-electron chi connectivity index (χ1n) is 5.43. The molecule has 0 radical (unpaired) electrons. The first-order chi connectivity index (χ1) is 8.90. The van der Waals surface area contributed by atoms with Gasteiger partial charge >= 0.3 is 0 Å². The molecule has 102 valence electrons. The summed E-state index contributed by atoms with van der Waals surface area (Å²) in [4.78, 5) is 10.2. The summed E-state index contributed by atoms with van der Waals surface area (Å²) in [5.74, 6) is 0. The van der Waals surface area contributed by atoms with E-state index in [1.54, 1.807) is 6.07 Å². The zero-order valence-electron chi connectivity index (χ0n) is 10.4. The average molecular weight is 301 g/mol. The number of hydrogen-bond donors (Lipinski definition) is 2. The molecule has 0 saturated heterocycles. The van der Waals surface area contributed by atoms with Crippen molar-refractivity contribution in [2.45, 2.75) is 19.9 Å². The van der Waals surface area contributed by atoms with Crippen molar-refractivity contribution in [2.24, 2.45) is 5.10 Å². The van der Waals surface area contributed by atoms with Crippen LogP contribution in [0.1, 0.15) is 19.4 Å². The zero-order chi connectivity index (χ0) is 14.4. The quantitative estimate of drug-likeness (QED) is 0.386. The van der Waals surface area contributed by atoms with E-state index in [4.69, 9.17) is 23.8 Å². The van der Waals surface area contributed by atoms with Crippen molar-refractivity contribution in [3.05, 3.63) is 38.9 Å². The molecule has 1 aromatic rings. The van der Waals surface area contributed by atoms with Gasteiger partial charge in [-0.1, -0.05) is 17.7 Å². The van der Waals surface area contributed by atoms with Gasteiger partial charge in [-0.3, -0.25) is 15.5 Å². The van der Waals surface area contributed by atoms with Crippen LogP contribution < -0.4 is 10.7 Å². The number of nitro benzene ring substituents is 1. The van der Waals surface area contributed by atoms with Crippen molar-refractivity contribution in [3.8, 4) is 0 Å². The van der Waals surface area contributed by atoms with E-state index in [1.807, 2.05) is 13.8 Å². The van der Waals surface area contributed by atoms with E-state index in [2.05, 4.69) is 15.8 Å². The van der Waals surface area contributed by atoms with Crippen LogP contribution >= 0.6 is 23.8 Å². The Kier molecular flexibility index (Phi) is 5.65. The molecule has 0 heterocycles. The molecule has 0 spiro atoms. The molecule has 1 aromatic carbocycles. The highest BCUT2D eigenvalue weighted by Crippen LogP contribution is 2.24. The zero-order valence-corrected chi connectivity index (χ0v) is 12.0. The predicted octanol–water partition coefficient (Wildman–Crippen LogP) is 2.45. The smallest absolute Gasteiger partial charge is 0.288 e. The minimum absolute atomic E-state index is 0.0899. The van der Waals surface area contributed by atoms with Gasteiger partial charge < -0.3 is 5.32 Å². The molecule has 0 saturated carbocycles. The number of nitro groups is 1. The summed E-state index contributed by atoms with van der Waals surface area (Å²) in [5, 5.41) is 18.0. The third kappa shape index (κ3) is 5.19. The fraction of sp³-hybridized carbons (Fsp3) is 0.273. The van der Waals surface area contributed by atoms with Gasteiger partial charge in [0, 0.05) is 17.7 Å². The Bertz CT molecular complexity index is 519. The largest absolute Gasteiger partial charge is 0.359 e. The van der Waals surface area contributed by atoms with Crippen molar-refractivity contribution < 1.29 is 4.92 Å². The van der Waals surface area contributed by atoms with Crippen molar-refractivity contribution >= 4 is 40.8 Å². The number of benzene rings is 1. The average Bonchev–Trinajstić information content (AvgIpc) is 2.30. The van der Waals surface area contributed by atoms with Gasteiger partial charge in [0.15, 0.2) is 5.11 Å². The molecule has 8 heteroatoms. The van der Waals surface area contributed by atoms with Gasteiger partial charge in [0.1, 0.15) is 5.02 Å². The van der Waals surface area contributed by atoms with Crippen molar-refractivity contribution in [1.29, 1.82) is 0 Å². The minimum atomic E-state index is -0.544. The number of nitrogens with zero attached hydrogens (tertiary/aromatic N) is 2. The molecule has 0 aliphatic rings. The van der Waals surface area contributed by atoms with Gasteiger partial charge in [-0.2, -0.15) is 5.10 Å². The summed E-state index contributed by atoms with van der Waals surface area (Å²) in [6.07, 6.45) is 1.43. The molecular formula is C11H13ClN4O2S. The molecule has 19 heavy (non-hydrogen) atoms. The normalized spacial score (nSPS) is 10.7. The lowest BCUT2D eigenvalue weighted by atomic mass is 10.2. The lowest BCUT2D eigenvalue weighted by Crippen LogP contribution is -2.36. The maximum atomic E-state index is 10.7. The first-order valence-corrected chi connectivity index (χ1v) is 6.22. The van der Waals surface area contributed by atoms with E-state index < -0.39 is 4.92 Å². The lowest BCUT2D eigenvalue weighted by Gasteiger charge is -2.09. The topological polar surface area (TPSA) is 79.6 Å². The van der Waals surface area contributed by atoms with E-state index in [0.29, 0.717) is 10.7 Å². The van der Waals surface area contributed by atoms with E-state index in [1.165, 1.54) is 18.3 Å². The van der Waals surface area contributed by atoms with E-state index in [9.17, 15) is 10.1 Å². The Morgan fingerprint density at radius 2 is 2.26 bits per heavy atom. The number of nitrogens with one attached hydrogen (secondary N) is 2. The number of halogens is 1. The molecule has 0 fully saturated rings. The second-order valence-electron chi connectivity index (χ2n) is 3.97. The van der Waals surface area contributed by atoms with Crippen molar-refractivity contribution in [3.63, 3.8) is 0 Å². The van der Waals surface area contributed by atoms with Crippen LogP contribution in [0.5, 0.6) is 0 Å². The van der Waals surface area contributed by atoms with Gasteiger partial charge in [0.2, 0.25) is 0 Å². The molecule has 0 aliphatic heterocycles. The van der Waals surface area contributed by atoms with Gasteiger partial charge in [-0.15, -0.1) is 0 Å². The standard InChI is InChI=1S/C11H13ClN4O2S/c1-7(2)14-11(19)15-13-6-8-3-4-9(12)10(5-8)16(17)18/h3-7H,1-2H3,(H2,14,15,19). The summed E-state index contributed by atoms with van der Waals surface area (Å²) in [6, 6.07) is 4.62. The SMILES string of the molecule is CC(C)NC(=S)NN=Cc1ccc(Cl)c([N+](=O)[O-])c1. The summed E-state index contributed by atoms with van der Waals surface area (Å²) in [7, 11) is 0. The molecule has 2 N–H and O–H groups in total. The number of thiocarbonyl (C=S) groups is 1. The Morgan fingerprint density at radius 3 is 2.84 bits per heavy atom. The highest BCUT2D eigenvalue weighted by Gasteiger charge is 2.11. The maximum absolute atomic E-state index is 10.7. The molecule has 0 unspecified atom stereocenters. The van der Waals surface area contributed by atoms with Crippen LogP contribution in [0.3, 0.4) is 0 Å². The van der Waals surface area contributed by atoms with Crippen LogP contribution in [0.15, 0.2) is 23.3 Å². The summed E-state index contributed by atoms with van der Waals surface area (Å²) >= 11 is 10.7. The number of hydrazone groups is 1. The van der Waals surface area contributed by atoms with Crippen LogP contribution in [-0.4, -0.2) is 22.3 Å². The summed E-state index contributed by atoms with van der Waals surface area (Å²) in [6.45, 7) is 3.89. The molecule has 0 aromatic heterocycles. The Balaban J connectivity index is 2.70. The monoisotopic (exact) mass is 300 g/mol. The second-order valence-corrected chi connectivity index (χ2v) is 4.78. The third-order valence-electron chi connectivity index (χ3n) is 1.97. The Hall–Kier alpha value is -1.73. The summed E-state index contributed by atoms with van der Waals surface area (Å²) in [5.41, 5.74) is 3.01. The van der Waals surface area contributed by atoms with E-state index in [0.717, 1.165) is 0 Å². The van der Waals surface area contributed by atoms with Gasteiger partial charge in [-0.05, 0) is 32.1 Å². The molecule has 6 nitrogen and oxygen atoms in total. The molecule has 0 amide bonds. The van der Waals surface area contributed by atoms with Gasteiger partial charge in [-0.25, -0.2) is 0 Å². The summed E-state index contributed by atoms with van der Waals surface area (Å²) < 4.78 is 0. The Morgan fingerprint density at radius 1 is 1.58 bits per heavy atom. The molecule has 0 aliphatic carbocycles. The van der Waals surface area contributed by atoms with Gasteiger partial charge in [0.05, 0.1) is 11.1 Å². The first kappa shape index (κ1) is 15.3. The van der Waals surface area contributed by atoms with E-state index >= 15 is 0 Å². The van der Waals surface area contributed by atoms with Crippen molar-refractivity contribution in [1.82, 2.24) is 10.7 Å². The fourth-order valence-corrected chi connectivity index (χ4v) is 1.68. The highest BCUT2D eigenvalue weighted by molar-refractivity contribution is 7.80. The highest BCUT2D eigenvalue weighted by atomic mass is 35.5. The molecule has 0 bridgehead atoms. The van der Waals surface area contributed by atoms with Crippen LogP contribution in [0, 0.1) is 10.1 Å². The van der Waals surface area contributed by atoms with Crippen LogP contribution in [-0.2, 0) is 0 Å². The third-order valence-corrected chi connectivity index (χ3v) is 2.50. The molecule has 0 atom stereocenters. The minimum Gasteiger partial charge on any atom is -0.359 e. The van der Waals surface area contributed by atoms with E-state index in [-0.39, 0.29) is 16.8 Å². The number of rotatable bonds is 4. The molecule has 1 rings (SSSR count). The van der Waals surface area contributed by atoms with Gasteiger partial charge in [0.25, 0.3) is 5.69 Å². The fourth-order valence-electron chi connectivity index (χ4n) is 1.21. The van der Waals surface area contributed by atoms with Crippen LogP contribution in [0.2, 0.25) is 5.02 Å². The van der Waals surface area contributed by atoms with Crippen LogP contribution in [0.25, 0.3) is 0 Å².